The minimum Gasteiger partial charge on any atom is -0.307 e. The molecule has 0 bridgehead atoms. The number of hydrogen-bond donors (Lipinski definition) is 1. The Balaban J connectivity index is 1.84. The van der Waals surface area contributed by atoms with E-state index in [4.69, 9.17) is 0 Å². The fraction of sp³-hybridized carbons (Fsp3) is 0.176. The highest BCUT2D eigenvalue weighted by Gasteiger charge is 2.03. The van der Waals surface area contributed by atoms with E-state index in [-0.39, 0.29) is 0 Å². The van der Waals surface area contributed by atoms with Crippen LogP contribution in [-0.4, -0.2) is 6.54 Å². The highest BCUT2D eigenvalue weighted by molar-refractivity contribution is 9.10. The smallest absolute Gasteiger partial charge is 0.0295 e. The minimum atomic E-state index is 0.345. The molecule has 0 radical (unpaired) electrons. The summed E-state index contributed by atoms with van der Waals surface area (Å²) in [6, 6.07) is 19.1. The van der Waals surface area contributed by atoms with Gasteiger partial charge in [0.15, 0.2) is 0 Å². The molecule has 1 atom stereocenters. The van der Waals surface area contributed by atoms with Crippen LogP contribution >= 0.6 is 15.9 Å². The van der Waals surface area contributed by atoms with Gasteiger partial charge in [-0.2, -0.15) is 0 Å². The zero-order chi connectivity index (χ0) is 13.5. The summed E-state index contributed by atoms with van der Waals surface area (Å²) in [7, 11) is 0. The molecule has 0 saturated carbocycles. The van der Waals surface area contributed by atoms with Gasteiger partial charge in [-0.1, -0.05) is 70.5 Å². The zero-order valence-corrected chi connectivity index (χ0v) is 12.6. The predicted octanol–water partition coefficient (Wildman–Crippen LogP) is 4.81. The monoisotopic (exact) mass is 315 g/mol. The minimum absolute atomic E-state index is 0.345. The van der Waals surface area contributed by atoms with E-state index in [9.17, 15) is 0 Å². The van der Waals surface area contributed by atoms with E-state index in [1.54, 1.807) is 0 Å². The molecule has 19 heavy (non-hydrogen) atoms. The third-order valence-electron chi connectivity index (χ3n) is 3.00. The number of halogens is 1. The first-order chi connectivity index (χ1) is 9.25. The molecule has 2 aromatic rings. The fourth-order valence-corrected chi connectivity index (χ4v) is 2.31. The molecule has 2 rings (SSSR count). The van der Waals surface area contributed by atoms with Gasteiger partial charge in [0, 0.05) is 17.1 Å². The Labute approximate surface area is 123 Å². The summed E-state index contributed by atoms with van der Waals surface area (Å²) in [5, 5.41) is 3.49. The van der Waals surface area contributed by atoms with E-state index in [1.165, 1.54) is 11.1 Å². The quantitative estimate of drug-likeness (QED) is 0.834. The van der Waals surface area contributed by atoms with Crippen LogP contribution in [0.3, 0.4) is 0 Å². The molecule has 98 valence electrons. The van der Waals surface area contributed by atoms with Gasteiger partial charge in [-0.15, -0.1) is 0 Å². The van der Waals surface area contributed by atoms with Gasteiger partial charge in [-0.25, -0.2) is 0 Å². The summed E-state index contributed by atoms with van der Waals surface area (Å²) < 4.78 is 1.12. The van der Waals surface area contributed by atoms with Crippen molar-refractivity contribution >= 4 is 22.0 Å². The van der Waals surface area contributed by atoms with Crippen LogP contribution in [0.5, 0.6) is 0 Å². The van der Waals surface area contributed by atoms with Gasteiger partial charge < -0.3 is 5.32 Å². The molecule has 0 aromatic heterocycles. The lowest BCUT2D eigenvalue weighted by Crippen LogP contribution is -2.18. The van der Waals surface area contributed by atoms with E-state index in [0.29, 0.717) is 6.04 Å². The number of rotatable bonds is 5. The third kappa shape index (κ3) is 4.66. The summed E-state index contributed by atoms with van der Waals surface area (Å²) in [4.78, 5) is 0. The van der Waals surface area contributed by atoms with Gasteiger partial charge in [-0.05, 0) is 30.2 Å². The maximum Gasteiger partial charge on any atom is 0.0295 e. The second kappa shape index (κ2) is 7.27. The van der Waals surface area contributed by atoms with Crippen molar-refractivity contribution in [2.75, 3.05) is 6.54 Å². The van der Waals surface area contributed by atoms with Gasteiger partial charge in [0.05, 0.1) is 0 Å². The Kier molecular flexibility index (Phi) is 5.37. The van der Waals surface area contributed by atoms with Crippen molar-refractivity contribution in [3.8, 4) is 0 Å². The molecule has 0 amide bonds. The molecule has 1 nitrogen and oxygen atoms in total. The largest absolute Gasteiger partial charge is 0.307 e. The van der Waals surface area contributed by atoms with Crippen LogP contribution in [-0.2, 0) is 0 Å². The summed E-state index contributed by atoms with van der Waals surface area (Å²) in [5.74, 6) is 0. The molecule has 0 aliphatic rings. The lowest BCUT2D eigenvalue weighted by atomic mass is 10.1. The van der Waals surface area contributed by atoms with Crippen LogP contribution in [0.2, 0.25) is 0 Å². The molecule has 0 aliphatic carbocycles. The summed E-state index contributed by atoms with van der Waals surface area (Å²) in [6.07, 6.45) is 4.30. The number of benzene rings is 2. The summed E-state index contributed by atoms with van der Waals surface area (Å²) in [5.41, 5.74) is 2.53. The number of hydrogen-bond acceptors (Lipinski definition) is 1. The van der Waals surface area contributed by atoms with Crippen LogP contribution in [0, 0.1) is 0 Å². The molecule has 1 N–H and O–H groups in total. The number of nitrogens with one attached hydrogen (secondary N) is 1. The van der Waals surface area contributed by atoms with Crippen molar-refractivity contribution in [3.05, 3.63) is 76.3 Å². The van der Waals surface area contributed by atoms with Crippen LogP contribution in [0.25, 0.3) is 6.08 Å². The Morgan fingerprint density at radius 2 is 1.89 bits per heavy atom. The van der Waals surface area contributed by atoms with Gasteiger partial charge in [0.25, 0.3) is 0 Å². The maximum absolute atomic E-state index is 3.50. The average molecular weight is 316 g/mol. The van der Waals surface area contributed by atoms with Crippen LogP contribution in [0.15, 0.2) is 65.1 Å². The van der Waals surface area contributed by atoms with Gasteiger partial charge in [0.1, 0.15) is 0 Å². The molecular weight excluding hydrogens is 298 g/mol. The Morgan fingerprint density at radius 3 is 2.63 bits per heavy atom. The maximum atomic E-state index is 3.50. The summed E-state index contributed by atoms with van der Waals surface area (Å²) in [6.45, 7) is 3.04. The molecule has 0 aliphatic heterocycles. The molecule has 0 fully saturated rings. The lowest BCUT2D eigenvalue weighted by molar-refractivity contribution is 0.618. The van der Waals surface area contributed by atoms with E-state index < -0.39 is 0 Å². The van der Waals surface area contributed by atoms with Crippen molar-refractivity contribution in [2.45, 2.75) is 13.0 Å². The molecule has 2 heteroatoms. The van der Waals surface area contributed by atoms with E-state index in [2.05, 4.69) is 82.8 Å². The molecular formula is C17H18BrN. The van der Waals surface area contributed by atoms with Crippen LogP contribution in [0.4, 0.5) is 0 Å². The fourth-order valence-electron chi connectivity index (χ4n) is 1.90. The normalized spacial score (nSPS) is 12.7. The van der Waals surface area contributed by atoms with Crippen molar-refractivity contribution in [2.24, 2.45) is 0 Å². The van der Waals surface area contributed by atoms with E-state index >= 15 is 0 Å². The van der Waals surface area contributed by atoms with Gasteiger partial charge >= 0.3 is 0 Å². The Bertz CT molecular complexity index is 534. The molecule has 2 aromatic carbocycles. The van der Waals surface area contributed by atoms with Crippen molar-refractivity contribution in [3.63, 3.8) is 0 Å². The third-order valence-corrected chi connectivity index (χ3v) is 3.49. The Hall–Kier alpha value is -1.38. The molecule has 0 unspecified atom stereocenters. The molecule has 0 spiro atoms. The Morgan fingerprint density at radius 1 is 1.11 bits per heavy atom. The second-order valence-electron chi connectivity index (χ2n) is 4.50. The first-order valence-corrected chi connectivity index (χ1v) is 7.25. The SMILES string of the molecule is C[C@@H](NC/C=C/c1ccccc1)c1cccc(Br)c1. The van der Waals surface area contributed by atoms with E-state index in [0.717, 1.165) is 11.0 Å². The topological polar surface area (TPSA) is 12.0 Å². The van der Waals surface area contributed by atoms with E-state index in [1.807, 2.05) is 12.1 Å². The zero-order valence-electron chi connectivity index (χ0n) is 11.0. The summed E-state index contributed by atoms with van der Waals surface area (Å²) >= 11 is 3.50. The van der Waals surface area contributed by atoms with Crippen molar-refractivity contribution in [1.82, 2.24) is 5.32 Å². The standard InChI is InChI=1S/C17H18BrN/c1-14(16-10-5-11-17(18)13-16)19-12-6-9-15-7-3-2-4-8-15/h2-11,13-14,19H,12H2,1H3/b9-6+/t14-/m1/s1. The molecule has 0 heterocycles. The van der Waals surface area contributed by atoms with Gasteiger partial charge in [0.2, 0.25) is 0 Å². The molecule has 0 saturated heterocycles. The van der Waals surface area contributed by atoms with Gasteiger partial charge in [-0.3, -0.25) is 0 Å². The lowest BCUT2D eigenvalue weighted by Gasteiger charge is -2.13. The van der Waals surface area contributed by atoms with Crippen molar-refractivity contribution < 1.29 is 0 Å². The first kappa shape index (κ1) is 14.0. The van der Waals surface area contributed by atoms with Crippen LogP contribution in [0.1, 0.15) is 24.1 Å². The second-order valence-corrected chi connectivity index (χ2v) is 5.41. The van der Waals surface area contributed by atoms with Crippen molar-refractivity contribution in [1.29, 1.82) is 0 Å². The highest BCUT2D eigenvalue weighted by Crippen LogP contribution is 2.17. The predicted molar refractivity (Wildman–Crippen MR) is 86.0 cm³/mol. The highest BCUT2D eigenvalue weighted by atomic mass is 79.9. The average Bonchev–Trinajstić information content (AvgIpc) is 2.44. The first-order valence-electron chi connectivity index (χ1n) is 6.46. The van der Waals surface area contributed by atoms with Crippen LogP contribution < -0.4 is 5.32 Å².